The molecule has 6 rings (SSSR count). The molecule has 3 aliphatic rings. The number of nitro groups is 1. The Morgan fingerprint density at radius 3 is 2.38 bits per heavy atom. The van der Waals surface area contributed by atoms with Gasteiger partial charge in [0, 0.05) is 28.9 Å². The highest BCUT2D eigenvalue weighted by atomic mass is 35.5. The predicted molar refractivity (Wildman–Crippen MR) is 137 cm³/mol. The van der Waals surface area contributed by atoms with E-state index in [-0.39, 0.29) is 11.5 Å². The second-order valence-corrected chi connectivity index (χ2v) is 9.88. The van der Waals surface area contributed by atoms with Crippen molar-refractivity contribution >= 4 is 46.6 Å². The molecule has 9 heteroatoms. The maximum absolute atomic E-state index is 14.0. The summed E-state index contributed by atoms with van der Waals surface area (Å²) in [6.07, 6.45) is 3.69. The van der Waals surface area contributed by atoms with E-state index in [1.54, 1.807) is 37.4 Å². The van der Waals surface area contributed by atoms with Crippen LogP contribution in [0.2, 0.25) is 5.02 Å². The lowest BCUT2D eigenvalue weighted by Crippen LogP contribution is -2.44. The average Bonchev–Trinajstić information content (AvgIpc) is 3.36. The first-order chi connectivity index (χ1) is 17.8. The van der Waals surface area contributed by atoms with E-state index in [0.717, 1.165) is 16.0 Å². The fourth-order valence-electron chi connectivity index (χ4n) is 5.88. The van der Waals surface area contributed by atoms with Crippen molar-refractivity contribution in [3.8, 4) is 0 Å². The first kappa shape index (κ1) is 23.1. The van der Waals surface area contributed by atoms with Crippen LogP contribution in [0.5, 0.6) is 0 Å². The lowest BCUT2D eigenvalue weighted by atomic mass is 9.83. The molecule has 2 fully saturated rings. The lowest BCUT2D eigenvalue weighted by Gasteiger charge is -2.35. The number of halogens is 1. The Hall–Kier alpha value is -4.30. The number of anilines is 1. The molecule has 8 nitrogen and oxygen atoms in total. The molecule has 0 saturated carbocycles. The summed E-state index contributed by atoms with van der Waals surface area (Å²) in [5, 5.41) is 11.7. The normalized spacial score (nSPS) is 23.6. The zero-order valence-corrected chi connectivity index (χ0v) is 20.3. The zero-order chi connectivity index (χ0) is 26.0. The van der Waals surface area contributed by atoms with E-state index in [4.69, 9.17) is 11.6 Å². The summed E-state index contributed by atoms with van der Waals surface area (Å²) in [6.45, 7) is 1.62. The molecule has 3 aliphatic heterocycles. The molecule has 0 N–H and O–H groups in total. The summed E-state index contributed by atoms with van der Waals surface area (Å²) in [5.41, 5.74) is 2.78. The number of fused-ring (bicyclic) bond motifs is 5. The topological polar surface area (TPSA) is 101 Å². The van der Waals surface area contributed by atoms with Crippen molar-refractivity contribution in [2.75, 3.05) is 4.90 Å². The number of Topliss-reactive ketones (excluding diaryl/α,β-unsaturated/α-hetero) is 1. The number of imide groups is 1. The Morgan fingerprint density at radius 1 is 0.973 bits per heavy atom. The summed E-state index contributed by atoms with van der Waals surface area (Å²) in [6, 6.07) is 16.7. The van der Waals surface area contributed by atoms with E-state index in [1.165, 1.54) is 18.2 Å². The fourth-order valence-corrected chi connectivity index (χ4v) is 6.01. The summed E-state index contributed by atoms with van der Waals surface area (Å²) in [7, 11) is 0. The zero-order valence-electron chi connectivity index (χ0n) is 19.6. The van der Waals surface area contributed by atoms with Gasteiger partial charge in [0.05, 0.1) is 28.5 Å². The third-order valence-electron chi connectivity index (χ3n) is 7.49. The van der Waals surface area contributed by atoms with Gasteiger partial charge < -0.3 is 4.90 Å². The van der Waals surface area contributed by atoms with Crippen LogP contribution in [-0.2, 0) is 9.59 Å². The van der Waals surface area contributed by atoms with Crippen LogP contribution in [0.4, 0.5) is 11.4 Å². The number of ketones is 1. The van der Waals surface area contributed by atoms with Crippen LogP contribution < -0.4 is 4.90 Å². The molecule has 0 aromatic heterocycles. The van der Waals surface area contributed by atoms with E-state index in [2.05, 4.69) is 0 Å². The van der Waals surface area contributed by atoms with Gasteiger partial charge in [0.15, 0.2) is 5.78 Å². The monoisotopic (exact) mass is 513 g/mol. The van der Waals surface area contributed by atoms with Gasteiger partial charge in [-0.1, -0.05) is 35.9 Å². The fraction of sp³-hybridized carbons (Fsp3) is 0.179. The van der Waals surface area contributed by atoms with Gasteiger partial charge in [0.1, 0.15) is 6.04 Å². The Morgan fingerprint density at radius 2 is 1.68 bits per heavy atom. The number of amides is 2. The van der Waals surface area contributed by atoms with Crippen molar-refractivity contribution in [3.05, 3.63) is 110 Å². The summed E-state index contributed by atoms with van der Waals surface area (Å²) < 4.78 is 0. The number of rotatable bonds is 4. The summed E-state index contributed by atoms with van der Waals surface area (Å²) >= 11 is 6.03. The molecule has 4 atom stereocenters. The molecule has 0 bridgehead atoms. The minimum Gasteiger partial charge on any atom is -0.358 e. The lowest BCUT2D eigenvalue weighted by molar-refractivity contribution is -0.384. The van der Waals surface area contributed by atoms with Gasteiger partial charge in [-0.3, -0.25) is 24.5 Å². The molecule has 0 radical (unpaired) electrons. The Labute approximate surface area is 216 Å². The summed E-state index contributed by atoms with van der Waals surface area (Å²) in [5.74, 6) is -2.90. The number of non-ortho nitro benzene ring substituents is 1. The number of carbonyl (C=O) groups excluding carboxylic acids is 3. The highest BCUT2D eigenvalue weighted by Crippen LogP contribution is 2.54. The second-order valence-electron chi connectivity index (χ2n) is 9.44. The van der Waals surface area contributed by atoms with Crippen molar-refractivity contribution in [2.24, 2.45) is 11.8 Å². The molecular weight excluding hydrogens is 494 g/mol. The van der Waals surface area contributed by atoms with E-state index >= 15 is 0 Å². The van der Waals surface area contributed by atoms with Crippen LogP contribution in [0, 0.1) is 28.9 Å². The van der Waals surface area contributed by atoms with E-state index in [1.807, 2.05) is 35.2 Å². The molecule has 2 saturated heterocycles. The van der Waals surface area contributed by atoms with Gasteiger partial charge in [0.25, 0.3) is 5.69 Å². The van der Waals surface area contributed by atoms with Crippen LogP contribution in [0.1, 0.15) is 33.1 Å². The van der Waals surface area contributed by atoms with Crippen LogP contribution in [0.3, 0.4) is 0 Å². The standard InChI is InChI=1S/C28H20ClN3O5/c1-15-14-19(32(36)37)10-11-21(15)31-27(34)22-23(28(31)35)25(26(33)17-6-8-18(29)9-7-17)30-13-12-16-4-2-3-5-20(16)24(22)30/h2-14,22-25H,1H3/t22-,23+,24-,25-/m0/s1. The van der Waals surface area contributed by atoms with E-state index < -0.39 is 40.7 Å². The minimum atomic E-state index is -0.925. The van der Waals surface area contributed by atoms with Crippen molar-refractivity contribution in [1.29, 1.82) is 0 Å². The molecule has 0 unspecified atom stereocenters. The Bertz CT molecular complexity index is 1530. The first-order valence-electron chi connectivity index (χ1n) is 11.7. The van der Waals surface area contributed by atoms with E-state index in [0.29, 0.717) is 21.8 Å². The number of nitrogens with zero attached hydrogens (tertiary/aromatic N) is 3. The van der Waals surface area contributed by atoms with Crippen molar-refractivity contribution in [3.63, 3.8) is 0 Å². The number of hydrogen-bond donors (Lipinski definition) is 0. The van der Waals surface area contributed by atoms with Gasteiger partial charge in [-0.2, -0.15) is 0 Å². The number of carbonyl (C=O) groups is 3. The van der Waals surface area contributed by atoms with Crippen molar-refractivity contribution in [1.82, 2.24) is 4.90 Å². The van der Waals surface area contributed by atoms with Crippen molar-refractivity contribution in [2.45, 2.75) is 19.0 Å². The molecular formula is C28H20ClN3O5. The average molecular weight is 514 g/mol. The maximum atomic E-state index is 14.0. The molecule has 3 aromatic carbocycles. The molecule has 37 heavy (non-hydrogen) atoms. The number of hydrogen-bond acceptors (Lipinski definition) is 6. The Balaban J connectivity index is 1.49. The number of aryl methyl sites for hydroxylation is 1. The van der Waals surface area contributed by atoms with Gasteiger partial charge in [-0.25, -0.2) is 4.90 Å². The largest absolute Gasteiger partial charge is 0.358 e. The number of benzene rings is 3. The quantitative estimate of drug-likeness (QED) is 0.212. The first-order valence-corrected chi connectivity index (χ1v) is 12.1. The van der Waals surface area contributed by atoms with Crippen LogP contribution in [0.15, 0.2) is 72.9 Å². The highest BCUT2D eigenvalue weighted by molar-refractivity contribution is 6.30. The van der Waals surface area contributed by atoms with Gasteiger partial charge >= 0.3 is 0 Å². The molecule has 3 heterocycles. The highest BCUT2D eigenvalue weighted by Gasteiger charge is 2.64. The number of nitro benzene ring substituents is 1. The molecule has 3 aromatic rings. The molecule has 184 valence electrons. The predicted octanol–water partition coefficient (Wildman–Crippen LogP) is 4.95. The Kier molecular flexibility index (Phi) is 5.24. The molecule has 2 amide bonds. The van der Waals surface area contributed by atoms with Gasteiger partial charge in [-0.15, -0.1) is 0 Å². The smallest absolute Gasteiger partial charge is 0.269 e. The van der Waals surface area contributed by atoms with Crippen molar-refractivity contribution < 1.29 is 19.3 Å². The third kappa shape index (κ3) is 3.40. The third-order valence-corrected chi connectivity index (χ3v) is 7.74. The van der Waals surface area contributed by atoms with Crippen LogP contribution >= 0.6 is 11.6 Å². The second kappa shape index (κ2) is 8.38. The summed E-state index contributed by atoms with van der Waals surface area (Å²) in [4.78, 5) is 55.5. The van der Waals surface area contributed by atoms with Crippen LogP contribution in [0.25, 0.3) is 6.08 Å². The minimum absolute atomic E-state index is 0.131. The van der Waals surface area contributed by atoms with Gasteiger partial charge in [0.2, 0.25) is 11.8 Å². The maximum Gasteiger partial charge on any atom is 0.269 e. The van der Waals surface area contributed by atoms with Gasteiger partial charge in [-0.05, 0) is 60.0 Å². The molecule has 0 spiro atoms. The molecule has 0 aliphatic carbocycles. The van der Waals surface area contributed by atoms with Crippen LogP contribution in [-0.4, -0.2) is 33.5 Å². The van der Waals surface area contributed by atoms with E-state index in [9.17, 15) is 24.5 Å². The SMILES string of the molecule is Cc1cc([N+](=O)[O-])ccc1N1C(=O)[C@@H]2[C@H](C1=O)[C@@H]1c3ccccc3C=CN1[C@@H]2C(=O)c1ccc(Cl)cc1.